The topological polar surface area (TPSA) is 65.0 Å². The Morgan fingerprint density at radius 3 is 2.70 bits per heavy atom. The van der Waals surface area contributed by atoms with Gasteiger partial charge >= 0.3 is 5.97 Å². The number of rotatable bonds is 0. The van der Waals surface area contributed by atoms with Crippen LogP contribution in [0.15, 0.2) is 12.2 Å². The van der Waals surface area contributed by atoms with E-state index >= 15 is 0 Å². The van der Waals surface area contributed by atoms with Gasteiger partial charge < -0.3 is 9.84 Å². The molecular formula is C15H20O5. The van der Waals surface area contributed by atoms with Crippen LogP contribution >= 0.6 is 0 Å². The van der Waals surface area contributed by atoms with Crippen molar-refractivity contribution in [3.63, 3.8) is 0 Å². The molecule has 2 aliphatic carbocycles. The SMILES string of the molecule is C[C@@H]1C(=O)O[C@H]2[C@H]1CC[C@@](C)(O)[C@@]13C=C[C@@](C)(OO1)[C@H]23. The largest absolute Gasteiger partial charge is 0.461 e. The summed E-state index contributed by atoms with van der Waals surface area (Å²) in [6, 6.07) is 0. The molecule has 2 heterocycles. The van der Waals surface area contributed by atoms with Crippen molar-refractivity contribution in [2.24, 2.45) is 17.8 Å². The first-order valence-electron chi connectivity index (χ1n) is 7.31. The summed E-state index contributed by atoms with van der Waals surface area (Å²) >= 11 is 0. The molecule has 0 unspecified atom stereocenters. The van der Waals surface area contributed by atoms with Crippen LogP contribution in [0.1, 0.15) is 33.6 Å². The maximum atomic E-state index is 12.0. The summed E-state index contributed by atoms with van der Waals surface area (Å²) in [5.41, 5.74) is -2.58. The number of esters is 1. The lowest BCUT2D eigenvalue weighted by molar-refractivity contribution is -0.360. The van der Waals surface area contributed by atoms with Crippen molar-refractivity contribution >= 4 is 5.97 Å². The van der Waals surface area contributed by atoms with Gasteiger partial charge in [-0.2, -0.15) is 0 Å². The first-order chi connectivity index (χ1) is 9.31. The average Bonchev–Trinajstić information content (AvgIpc) is 2.92. The average molecular weight is 280 g/mol. The highest BCUT2D eigenvalue weighted by Gasteiger charge is 2.73. The summed E-state index contributed by atoms with van der Waals surface area (Å²) in [5.74, 6) is -0.349. The Morgan fingerprint density at radius 2 is 2.05 bits per heavy atom. The van der Waals surface area contributed by atoms with Gasteiger partial charge in [0.15, 0.2) is 5.60 Å². The molecule has 7 atom stereocenters. The zero-order valence-electron chi connectivity index (χ0n) is 12.0. The summed E-state index contributed by atoms with van der Waals surface area (Å²) in [4.78, 5) is 23.1. The van der Waals surface area contributed by atoms with Crippen molar-refractivity contribution in [2.45, 2.75) is 56.5 Å². The van der Waals surface area contributed by atoms with Crippen LogP contribution in [0.5, 0.6) is 0 Å². The number of hydrogen-bond donors (Lipinski definition) is 1. The van der Waals surface area contributed by atoms with E-state index in [1.807, 2.05) is 26.0 Å². The molecule has 0 spiro atoms. The van der Waals surface area contributed by atoms with E-state index in [-0.39, 0.29) is 29.8 Å². The molecule has 1 N–H and O–H groups in total. The van der Waals surface area contributed by atoms with Crippen molar-refractivity contribution in [2.75, 3.05) is 0 Å². The fraction of sp³-hybridized carbons (Fsp3) is 0.800. The van der Waals surface area contributed by atoms with E-state index in [4.69, 9.17) is 14.5 Å². The molecule has 0 aromatic rings. The Hall–Kier alpha value is -0.910. The predicted octanol–water partition coefficient (Wildman–Crippen LogP) is 1.35. The third-order valence-electron chi connectivity index (χ3n) is 5.92. The second kappa shape index (κ2) is 3.46. The normalized spacial score (nSPS) is 60.1. The molecule has 20 heavy (non-hydrogen) atoms. The summed E-state index contributed by atoms with van der Waals surface area (Å²) in [5, 5.41) is 10.9. The Labute approximate surface area is 117 Å². The second-order valence-corrected chi connectivity index (χ2v) is 7.12. The molecule has 0 radical (unpaired) electrons. The van der Waals surface area contributed by atoms with E-state index < -0.39 is 16.8 Å². The number of hydrogen-bond acceptors (Lipinski definition) is 5. The third-order valence-corrected chi connectivity index (χ3v) is 5.92. The summed E-state index contributed by atoms with van der Waals surface area (Å²) in [7, 11) is 0. The molecule has 110 valence electrons. The minimum absolute atomic E-state index is 0.116. The smallest absolute Gasteiger partial charge is 0.309 e. The summed E-state index contributed by atoms with van der Waals surface area (Å²) in [6.45, 7) is 5.63. The number of ether oxygens (including phenoxy) is 1. The highest BCUT2D eigenvalue weighted by Crippen LogP contribution is 2.61. The van der Waals surface area contributed by atoms with Crippen LogP contribution in [0.2, 0.25) is 0 Å². The Kier molecular flexibility index (Phi) is 2.21. The van der Waals surface area contributed by atoms with Crippen LogP contribution in [-0.2, 0) is 19.3 Å². The van der Waals surface area contributed by atoms with E-state index in [0.29, 0.717) is 6.42 Å². The molecule has 5 heteroatoms. The van der Waals surface area contributed by atoms with E-state index in [0.717, 1.165) is 6.42 Å². The van der Waals surface area contributed by atoms with E-state index in [1.165, 1.54) is 0 Å². The zero-order chi connectivity index (χ0) is 14.3. The first kappa shape index (κ1) is 12.8. The van der Waals surface area contributed by atoms with Gasteiger partial charge in [-0.1, -0.05) is 13.0 Å². The minimum atomic E-state index is -1.03. The molecule has 5 nitrogen and oxygen atoms in total. The van der Waals surface area contributed by atoms with Crippen molar-refractivity contribution in [3.8, 4) is 0 Å². The molecule has 0 aromatic carbocycles. The van der Waals surface area contributed by atoms with Gasteiger partial charge in [0.2, 0.25) is 0 Å². The number of fused-ring (bicyclic) bond motifs is 1. The van der Waals surface area contributed by atoms with E-state index in [1.54, 1.807) is 6.92 Å². The standard InChI is InChI=1S/C15H20O5/c1-8-9-4-5-14(3,17)15-7-6-13(2,19-20-15)11(15)10(9)18-12(8)16/h6-11,17H,4-5H2,1-3H3/t8-,9-,10-,11-,13+,14+,15-/m0/s1. The molecule has 2 bridgehead atoms. The maximum absolute atomic E-state index is 12.0. The van der Waals surface area contributed by atoms with Gasteiger partial charge in [0, 0.05) is 5.92 Å². The summed E-state index contributed by atoms with van der Waals surface area (Å²) in [6.07, 6.45) is 4.91. The van der Waals surface area contributed by atoms with Gasteiger partial charge in [0.05, 0.1) is 17.4 Å². The number of carbonyl (C=O) groups excluding carboxylic acids is 1. The van der Waals surface area contributed by atoms with Crippen LogP contribution in [0, 0.1) is 17.8 Å². The van der Waals surface area contributed by atoms with E-state index in [2.05, 4.69) is 0 Å². The number of aliphatic hydroxyl groups is 1. The highest BCUT2D eigenvalue weighted by atomic mass is 17.2. The molecular weight excluding hydrogens is 260 g/mol. The molecule has 0 amide bonds. The lowest BCUT2D eigenvalue weighted by atomic mass is 9.70. The van der Waals surface area contributed by atoms with E-state index in [9.17, 15) is 9.90 Å². The summed E-state index contributed by atoms with van der Waals surface area (Å²) < 4.78 is 5.66. The quantitative estimate of drug-likeness (QED) is 0.412. The van der Waals surface area contributed by atoms with Gasteiger partial charge in [-0.25, -0.2) is 9.78 Å². The molecule has 1 saturated carbocycles. The van der Waals surface area contributed by atoms with Crippen molar-refractivity contribution in [1.29, 1.82) is 0 Å². The Bertz CT molecular complexity index is 512. The van der Waals surface area contributed by atoms with Crippen LogP contribution in [0.3, 0.4) is 0 Å². The van der Waals surface area contributed by atoms with Gasteiger partial charge in [0.1, 0.15) is 11.7 Å². The lowest BCUT2D eigenvalue weighted by Gasteiger charge is -2.39. The van der Waals surface area contributed by atoms with Crippen LogP contribution in [0.25, 0.3) is 0 Å². The van der Waals surface area contributed by atoms with Gasteiger partial charge in [-0.05, 0) is 32.8 Å². The molecule has 4 rings (SSSR count). The van der Waals surface area contributed by atoms with Crippen LogP contribution in [-0.4, -0.2) is 34.0 Å². The minimum Gasteiger partial charge on any atom is -0.461 e. The predicted molar refractivity (Wildman–Crippen MR) is 68.3 cm³/mol. The van der Waals surface area contributed by atoms with Crippen molar-refractivity contribution < 1.29 is 24.4 Å². The number of carbonyl (C=O) groups is 1. The Morgan fingerprint density at radius 1 is 1.30 bits per heavy atom. The van der Waals surface area contributed by atoms with Crippen molar-refractivity contribution in [3.05, 3.63) is 12.2 Å². The second-order valence-electron chi connectivity index (χ2n) is 7.12. The molecule has 0 aromatic heterocycles. The van der Waals surface area contributed by atoms with Gasteiger partial charge in [-0.15, -0.1) is 0 Å². The lowest BCUT2D eigenvalue weighted by Crippen LogP contribution is -2.56. The third kappa shape index (κ3) is 1.23. The Balaban J connectivity index is 1.86. The monoisotopic (exact) mass is 280 g/mol. The fourth-order valence-corrected chi connectivity index (χ4v) is 4.58. The highest BCUT2D eigenvalue weighted by molar-refractivity contribution is 5.75. The zero-order valence-corrected chi connectivity index (χ0v) is 12.0. The van der Waals surface area contributed by atoms with Crippen LogP contribution in [0.4, 0.5) is 0 Å². The first-order valence-corrected chi connectivity index (χ1v) is 7.31. The van der Waals surface area contributed by atoms with Crippen LogP contribution < -0.4 is 0 Å². The van der Waals surface area contributed by atoms with Crippen molar-refractivity contribution in [1.82, 2.24) is 0 Å². The molecule has 2 aliphatic heterocycles. The maximum Gasteiger partial charge on any atom is 0.309 e. The van der Waals surface area contributed by atoms with Gasteiger partial charge in [0.25, 0.3) is 0 Å². The fourth-order valence-electron chi connectivity index (χ4n) is 4.58. The molecule has 3 fully saturated rings. The molecule has 4 aliphatic rings. The van der Waals surface area contributed by atoms with Gasteiger partial charge in [-0.3, -0.25) is 4.79 Å². The molecule has 2 saturated heterocycles.